The van der Waals surface area contributed by atoms with Crippen molar-refractivity contribution in [3.8, 4) is 0 Å². The number of carbonyl (C=O) groups is 1. The van der Waals surface area contributed by atoms with Gasteiger partial charge in [-0.2, -0.15) is 0 Å². The van der Waals surface area contributed by atoms with Gasteiger partial charge in [0.25, 0.3) is 0 Å². The Balaban J connectivity index is 0.00000256. The summed E-state index contributed by atoms with van der Waals surface area (Å²) >= 11 is 0. The SMILES string of the molecule is CCC(C)(C)CC(=O)N1CCC(C)(CN)C1.Cl. The lowest BCUT2D eigenvalue weighted by atomic mass is 9.86. The molecule has 1 heterocycles. The second-order valence-corrected chi connectivity index (χ2v) is 6.27. The molecule has 0 radical (unpaired) electrons. The number of halogens is 1. The van der Waals surface area contributed by atoms with Gasteiger partial charge < -0.3 is 10.6 Å². The Kier molecular flexibility index (Phi) is 5.95. The van der Waals surface area contributed by atoms with E-state index in [0.29, 0.717) is 18.9 Å². The van der Waals surface area contributed by atoms with Crippen LogP contribution in [-0.2, 0) is 4.79 Å². The number of carbonyl (C=O) groups excluding carboxylic acids is 1. The van der Waals surface area contributed by atoms with Crippen molar-refractivity contribution < 1.29 is 4.79 Å². The van der Waals surface area contributed by atoms with Gasteiger partial charge in [-0.05, 0) is 23.8 Å². The molecule has 0 aliphatic carbocycles. The molecule has 0 bridgehead atoms. The maximum absolute atomic E-state index is 12.1. The summed E-state index contributed by atoms with van der Waals surface area (Å²) in [6.07, 6.45) is 2.74. The van der Waals surface area contributed by atoms with E-state index < -0.39 is 0 Å². The zero-order chi connectivity index (χ0) is 12.4. The van der Waals surface area contributed by atoms with Crippen LogP contribution in [-0.4, -0.2) is 30.4 Å². The molecular weight excluding hydrogens is 236 g/mol. The molecule has 0 aromatic heterocycles. The van der Waals surface area contributed by atoms with Crippen LogP contribution < -0.4 is 5.73 Å². The second-order valence-electron chi connectivity index (χ2n) is 6.27. The molecule has 0 saturated carbocycles. The topological polar surface area (TPSA) is 46.3 Å². The van der Waals surface area contributed by atoms with Gasteiger partial charge in [0.05, 0.1) is 0 Å². The van der Waals surface area contributed by atoms with E-state index in [4.69, 9.17) is 5.73 Å². The number of nitrogens with two attached hydrogens (primary N) is 1. The Bertz CT molecular complexity index is 268. The predicted molar refractivity (Wildman–Crippen MR) is 74.3 cm³/mol. The predicted octanol–water partition coefficient (Wildman–Crippen LogP) is 2.43. The molecule has 1 rings (SSSR count). The molecule has 1 amide bonds. The van der Waals surface area contributed by atoms with Gasteiger partial charge in [0.1, 0.15) is 0 Å². The monoisotopic (exact) mass is 262 g/mol. The maximum atomic E-state index is 12.1. The van der Waals surface area contributed by atoms with Crippen molar-refractivity contribution in [1.29, 1.82) is 0 Å². The Morgan fingerprint density at radius 1 is 1.47 bits per heavy atom. The van der Waals surface area contributed by atoms with Crippen molar-refractivity contribution in [3.63, 3.8) is 0 Å². The minimum Gasteiger partial charge on any atom is -0.342 e. The molecule has 2 N–H and O–H groups in total. The summed E-state index contributed by atoms with van der Waals surface area (Å²) < 4.78 is 0. The number of rotatable bonds is 4. The highest BCUT2D eigenvalue weighted by molar-refractivity contribution is 5.85. The summed E-state index contributed by atoms with van der Waals surface area (Å²) in [6.45, 7) is 11.0. The van der Waals surface area contributed by atoms with Crippen LogP contribution >= 0.6 is 12.4 Å². The van der Waals surface area contributed by atoms with Crippen LogP contribution in [0.2, 0.25) is 0 Å². The van der Waals surface area contributed by atoms with Crippen molar-refractivity contribution in [2.75, 3.05) is 19.6 Å². The smallest absolute Gasteiger partial charge is 0.223 e. The Morgan fingerprint density at radius 3 is 2.47 bits per heavy atom. The summed E-state index contributed by atoms with van der Waals surface area (Å²) in [4.78, 5) is 14.1. The average molecular weight is 263 g/mol. The number of hydrogen-bond donors (Lipinski definition) is 1. The van der Waals surface area contributed by atoms with Crippen molar-refractivity contribution in [2.24, 2.45) is 16.6 Å². The molecule has 1 atom stereocenters. The minimum atomic E-state index is 0. The Labute approximate surface area is 112 Å². The van der Waals surface area contributed by atoms with Gasteiger partial charge in [-0.25, -0.2) is 0 Å². The van der Waals surface area contributed by atoms with E-state index in [1.54, 1.807) is 0 Å². The average Bonchev–Trinajstić information content (AvgIpc) is 2.62. The van der Waals surface area contributed by atoms with Crippen molar-refractivity contribution >= 4 is 18.3 Å². The summed E-state index contributed by atoms with van der Waals surface area (Å²) in [7, 11) is 0. The largest absolute Gasteiger partial charge is 0.342 e. The fourth-order valence-corrected chi connectivity index (χ4v) is 2.05. The molecule has 4 heteroatoms. The lowest BCUT2D eigenvalue weighted by molar-refractivity contribution is -0.132. The standard InChI is InChI=1S/C13H26N2O.ClH/c1-5-12(2,3)8-11(16)15-7-6-13(4,9-14)10-15;/h5-10,14H2,1-4H3;1H. The lowest BCUT2D eigenvalue weighted by Crippen LogP contribution is -2.36. The number of nitrogens with zero attached hydrogens (tertiary/aromatic N) is 1. The maximum Gasteiger partial charge on any atom is 0.223 e. The normalized spacial score (nSPS) is 24.6. The van der Waals surface area contributed by atoms with E-state index in [-0.39, 0.29) is 23.2 Å². The Hall–Kier alpha value is -0.280. The van der Waals surface area contributed by atoms with Crippen LogP contribution in [0.25, 0.3) is 0 Å². The van der Waals surface area contributed by atoms with Crippen LogP contribution in [0.4, 0.5) is 0 Å². The summed E-state index contributed by atoms with van der Waals surface area (Å²) in [5, 5.41) is 0. The van der Waals surface area contributed by atoms with Gasteiger partial charge in [0.15, 0.2) is 0 Å². The van der Waals surface area contributed by atoms with Crippen LogP contribution in [0, 0.1) is 10.8 Å². The van der Waals surface area contributed by atoms with Crippen LogP contribution in [0.1, 0.15) is 47.0 Å². The minimum absolute atomic E-state index is 0. The van der Waals surface area contributed by atoms with Crippen LogP contribution in [0.3, 0.4) is 0 Å². The third-order valence-corrected chi connectivity index (χ3v) is 3.99. The van der Waals surface area contributed by atoms with Gasteiger partial charge in [-0.15, -0.1) is 12.4 Å². The van der Waals surface area contributed by atoms with E-state index in [0.717, 1.165) is 25.9 Å². The molecule has 3 nitrogen and oxygen atoms in total. The van der Waals surface area contributed by atoms with Gasteiger partial charge in [0, 0.05) is 19.5 Å². The number of hydrogen-bond acceptors (Lipinski definition) is 2. The van der Waals surface area contributed by atoms with E-state index in [1.165, 1.54) is 0 Å². The third kappa shape index (κ3) is 4.47. The highest BCUT2D eigenvalue weighted by Crippen LogP contribution is 2.31. The molecule has 1 aliphatic rings. The molecule has 0 aromatic carbocycles. The van der Waals surface area contributed by atoms with Gasteiger partial charge >= 0.3 is 0 Å². The fourth-order valence-electron chi connectivity index (χ4n) is 2.05. The Morgan fingerprint density at radius 2 is 2.06 bits per heavy atom. The van der Waals surface area contributed by atoms with Crippen LogP contribution in [0.15, 0.2) is 0 Å². The molecule has 102 valence electrons. The fraction of sp³-hybridized carbons (Fsp3) is 0.923. The zero-order valence-electron chi connectivity index (χ0n) is 11.6. The summed E-state index contributed by atoms with van der Waals surface area (Å²) in [5.74, 6) is 0.295. The molecule has 1 fully saturated rings. The lowest BCUT2D eigenvalue weighted by Gasteiger charge is -2.27. The molecule has 1 saturated heterocycles. The third-order valence-electron chi connectivity index (χ3n) is 3.99. The van der Waals surface area contributed by atoms with Gasteiger partial charge in [-0.3, -0.25) is 4.79 Å². The quantitative estimate of drug-likeness (QED) is 0.846. The van der Waals surface area contributed by atoms with E-state index in [2.05, 4.69) is 27.7 Å². The highest BCUT2D eigenvalue weighted by Gasteiger charge is 2.35. The van der Waals surface area contributed by atoms with Gasteiger partial charge in [0.2, 0.25) is 5.91 Å². The number of amides is 1. The van der Waals surface area contributed by atoms with E-state index >= 15 is 0 Å². The van der Waals surface area contributed by atoms with Crippen molar-refractivity contribution in [1.82, 2.24) is 4.90 Å². The van der Waals surface area contributed by atoms with Crippen molar-refractivity contribution in [2.45, 2.75) is 47.0 Å². The summed E-state index contributed by atoms with van der Waals surface area (Å²) in [6, 6.07) is 0. The molecule has 17 heavy (non-hydrogen) atoms. The van der Waals surface area contributed by atoms with E-state index in [9.17, 15) is 4.79 Å². The molecule has 1 aliphatic heterocycles. The van der Waals surface area contributed by atoms with E-state index in [1.807, 2.05) is 4.90 Å². The molecule has 0 spiro atoms. The molecular formula is C13H27ClN2O. The first-order valence-corrected chi connectivity index (χ1v) is 6.30. The van der Waals surface area contributed by atoms with Gasteiger partial charge in [-0.1, -0.05) is 34.1 Å². The second kappa shape index (κ2) is 6.05. The van der Waals surface area contributed by atoms with Crippen molar-refractivity contribution in [3.05, 3.63) is 0 Å². The summed E-state index contributed by atoms with van der Waals surface area (Å²) in [5.41, 5.74) is 6.01. The first-order chi connectivity index (χ1) is 7.32. The highest BCUT2D eigenvalue weighted by atomic mass is 35.5. The zero-order valence-corrected chi connectivity index (χ0v) is 12.4. The molecule has 0 aromatic rings. The molecule has 1 unspecified atom stereocenters. The first-order valence-electron chi connectivity index (χ1n) is 6.30. The number of likely N-dealkylation sites (tertiary alicyclic amines) is 1. The van der Waals surface area contributed by atoms with Crippen LogP contribution in [0.5, 0.6) is 0 Å². The first kappa shape index (κ1) is 16.7.